The normalized spacial score (nSPS) is 11.7. The van der Waals surface area contributed by atoms with Gasteiger partial charge in [0.2, 0.25) is 0 Å². The number of aromatic nitrogens is 4. The molecular weight excluding hydrogens is 729 g/mol. The molecule has 0 bridgehead atoms. The Morgan fingerprint density at radius 2 is 0.717 bits per heavy atom. The standard InChI is InChI=1S/C56H36N4/c1-3-14-38(15-4-1)50-36-51(58-56(57-50)40-16-5-2-6-17-40)39-24-28-44(29-25-39)59-52-21-11-9-19-46(52)48-34-42(26-31-54(48)59)43-27-32-55-49(35-43)47-20-10-12-22-53(47)60(55)45-30-23-37-13-7-8-18-41(37)33-45/h1-36H. The summed E-state index contributed by atoms with van der Waals surface area (Å²) < 4.78 is 4.78. The van der Waals surface area contributed by atoms with Gasteiger partial charge in [0, 0.05) is 49.6 Å². The highest BCUT2D eigenvalue weighted by atomic mass is 15.0. The van der Waals surface area contributed by atoms with E-state index in [1.165, 1.54) is 71.2 Å². The first-order valence-electron chi connectivity index (χ1n) is 20.4. The molecule has 60 heavy (non-hydrogen) atoms. The summed E-state index contributed by atoms with van der Waals surface area (Å²) in [5.41, 5.74) is 14.3. The first-order chi connectivity index (χ1) is 29.7. The molecule has 3 aromatic heterocycles. The molecule has 0 aliphatic heterocycles. The smallest absolute Gasteiger partial charge is 0.160 e. The molecule has 0 unspecified atom stereocenters. The number of nitrogens with zero attached hydrogens (tertiary/aromatic N) is 4. The number of hydrogen-bond donors (Lipinski definition) is 0. The van der Waals surface area contributed by atoms with E-state index in [9.17, 15) is 0 Å². The van der Waals surface area contributed by atoms with Crippen LogP contribution in [0, 0.1) is 0 Å². The highest BCUT2D eigenvalue weighted by Gasteiger charge is 2.17. The second-order valence-corrected chi connectivity index (χ2v) is 15.4. The van der Waals surface area contributed by atoms with Crippen molar-refractivity contribution in [1.82, 2.24) is 19.1 Å². The van der Waals surface area contributed by atoms with Gasteiger partial charge in [-0.05, 0) is 88.6 Å². The van der Waals surface area contributed by atoms with Gasteiger partial charge in [0.25, 0.3) is 0 Å². The lowest BCUT2D eigenvalue weighted by Crippen LogP contribution is -1.97. The van der Waals surface area contributed by atoms with Crippen molar-refractivity contribution in [2.24, 2.45) is 0 Å². The van der Waals surface area contributed by atoms with Crippen molar-refractivity contribution in [2.45, 2.75) is 0 Å². The molecule has 280 valence electrons. The van der Waals surface area contributed by atoms with Gasteiger partial charge in [-0.3, -0.25) is 0 Å². The van der Waals surface area contributed by atoms with Crippen LogP contribution in [0.3, 0.4) is 0 Å². The van der Waals surface area contributed by atoms with Gasteiger partial charge < -0.3 is 9.13 Å². The van der Waals surface area contributed by atoms with Gasteiger partial charge in [0.1, 0.15) is 0 Å². The average molecular weight is 765 g/mol. The number of fused-ring (bicyclic) bond motifs is 7. The molecule has 9 aromatic carbocycles. The van der Waals surface area contributed by atoms with E-state index in [-0.39, 0.29) is 0 Å². The monoisotopic (exact) mass is 764 g/mol. The van der Waals surface area contributed by atoms with E-state index in [2.05, 4.69) is 191 Å². The molecule has 0 saturated carbocycles. The minimum Gasteiger partial charge on any atom is -0.309 e. The predicted molar refractivity (Wildman–Crippen MR) is 250 cm³/mol. The van der Waals surface area contributed by atoms with Crippen LogP contribution in [-0.4, -0.2) is 19.1 Å². The van der Waals surface area contributed by atoms with Gasteiger partial charge in [-0.25, -0.2) is 9.97 Å². The molecular formula is C56H36N4. The van der Waals surface area contributed by atoms with Crippen LogP contribution < -0.4 is 0 Å². The first-order valence-corrected chi connectivity index (χ1v) is 20.4. The first kappa shape index (κ1) is 34.0. The molecule has 0 N–H and O–H groups in total. The molecule has 0 radical (unpaired) electrons. The molecule has 0 spiro atoms. The third kappa shape index (κ3) is 5.61. The molecule has 4 heteroatoms. The van der Waals surface area contributed by atoms with Gasteiger partial charge in [-0.1, -0.05) is 152 Å². The predicted octanol–water partition coefficient (Wildman–Crippen LogP) is 14.5. The minimum absolute atomic E-state index is 0.712. The van der Waals surface area contributed by atoms with Crippen molar-refractivity contribution in [3.8, 4) is 56.4 Å². The molecule has 0 amide bonds. The minimum atomic E-state index is 0.712. The van der Waals surface area contributed by atoms with Crippen molar-refractivity contribution in [1.29, 1.82) is 0 Å². The van der Waals surface area contributed by atoms with Gasteiger partial charge in [-0.2, -0.15) is 0 Å². The van der Waals surface area contributed by atoms with Crippen LogP contribution in [0.2, 0.25) is 0 Å². The van der Waals surface area contributed by atoms with E-state index >= 15 is 0 Å². The van der Waals surface area contributed by atoms with Crippen LogP contribution in [0.25, 0.3) is 111 Å². The summed E-state index contributed by atoms with van der Waals surface area (Å²) in [6.45, 7) is 0. The molecule has 0 fully saturated rings. The molecule has 0 atom stereocenters. The molecule has 12 rings (SSSR count). The fraction of sp³-hybridized carbons (Fsp3) is 0. The topological polar surface area (TPSA) is 35.6 Å². The fourth-order valence-corrected chi connectivity index (χ4v) is 9.03. The summed E-state index contributed by atoms with van der Waals surface area (Å²) in [4.78, 5) is 10.1. The largest absolute Gasteiger partial charge is 0.309 e. The van der Waals surface area contributed by atoms with E-state index in [0.717, 1.165) is 33.8 Å². The Morgan fingerprint density at radius 1 is 0.267 bits per heavy atom. The number of para-hydroxylation sites is 2. The maximum atomic E-state index is 5.07. The highest BCUT2D eigenvalue weighted by molar-refractivity contribution is 6.13. The van der Waals surface area contributed by atoms with Gasteiger partial charge >= 0.3 is 0 Å². The molecule has 12 aromatic rings. The van der Waals surface area contributed by atoms with Crippen molar-refractivity contribution in [2.75, 3.05) is 0 Å². The van der Waals surface area contributed by atoms with Gasteiger partial charge in [-0.15, -0.1) is 0 Å². The second-order valence-electron chi connectivity index (χ2n) is 15.4. The van der Waals surface area contributed by atoms with Gasteiger partial charge in [0.15, 0.2) is 5.82 Å². The molecule has 4 nitrogen and oxygen atoms in total. The summed E-state index contributed by atoms with van der Waals surface area (Å²) in [5, 5.41) is 7.43. The Morgan fingerprint density at radius 3 is 1.33 bits per heavy atom. The van der Waals surface area contributed by atoms with E-state index in [4.69, 9.17) is 9.97 Å². The Kier molecular flexibility index (Phi) is 7.82. The lowest BCUT2D eigenvalue weighted by atomic mass is 10.0. The lowest BCUT2D eigenvalue weighted by Gasteiger charge is -2.12. The summed E-state index contributed by atoms with van der Waals surface area (Å²) in [7, 11) is 0. The summed E-state index contributed by atoms with van der Waals surface area (Å²) in [6.07, 6.45) is 0. The quantitative estimate of drug-likeness (QED) is 0.169. The maximum absolute atomic E-state index is 5.07. The summed E-state index contributed by atoms with van der Waals surface area (Å²) in [6, 6.07) is 78.1. The Labute approximate surface area is 346 Å². The second kappa shape index (κ2) is 13.8. The van der Waals surface area contributed by atoms with Crippen molar-refractivity contribution >= 4 is 54.4 Å². The fourth-order valence-electron chi connectivity index (χ4n) is 9.03. The Hall–Kier alpha value is -8.08. The molecule has 0 saturated heterocycles. The summed E-state index contributed by atoms with van der Waals surface area (Å²) >= 11 is 0. The van der Waals surface area contributed by atoms with Crippen LogP contribution in [0.5, 0.6) is 0 Å². The van der Waals surface area contributed by atoms with Crippen molar-refractivity contribution in [3.63, 3.8) is 0 Å². The van der Waals surface area contributed by atoms with E-state index in [1.807, 2.05) is 36.4 Å². The zero-order chi connectivity index (χ0) is 39.6. The van der Waals surface area contributed by atoms with Crippen LogP contribution in [0.4, 0.5) is 0 Å². The lowest BCUT2D eigenvalue weighted by molar-refractivity contribution is 1.17. The van der Waals surface area contributed by atoms with Crippen LogP contribution in [0.15, 0.2) is 218 Å². The van der Waals surface area contributed by atoms with Crippen LogP contribution in [-0.2, 0) is 0 Å². The van der Waals surface area contributed by atoms with Crippen LogP contribution in [0.1, 0.15) is 0 Å². The van der Waals surface area contributed by atoms with Gasteiger partial charge in [0.05, 0.1) is 33.5 Å². The van der Waals surface area contributed by atoms with Crippen molar-refractivity contribution < 1.29 is 0 Å². The zero-order valence-corrected chi connectivity index (χ0v) is 32.6. The Bertz CT molecular complexity index is 3520. The van der Waals surface area contributed by atoms with Crippen molar-refractivity contribution in [3.05, 3.63) is 218 Å². The number of hydrogen-bond acceptors (Lipinski definition) is 2. The maximum Gasteiger partial charge on any atom is 0.160 e. The highest BCUT2D eigenvalue weighted by Crippen LogP contribution is 2.39. The third-order valence-electron chi connectivity index (χ3n) is 11.9. The average Bonchev–Trinajstić information content (AvgIpc) is 3.84. The zero-order valence-electron chi connectivity index (χ0n) is 32.6. The Balaban J connectivity index is 0.949. The molecule has 3 heterocycles. The van der Waals surface area contributed by atoms with E-state index in [0.29, 0.717) is 5.82 Å². The summed E-state index contributed by atoms with van der Waals surface area (Å²) in [5.74, 6) is 0.712. The third-order valence-corrected chi connectivity index (χ3v) is 11.9. The number of rotatable bonds is 6. The molecule has 0 aliphatic rings. The van der Waals surface area contributed by atoms with Crippen LogP contribution >= 0.6 is 0 Å². The van der Waals surface area contributed by atoms with E-state index < -0.39 is 0 Å². The van der Waals surface area contributed by atoms with E-state index in [1.54, 1.807) is 0 Å². The SMILES string of the molecule is c1ccc(-c2cc(-c3ccc(-n4c5ccccc5c5cc(-c6ccc7c(c6)c6ccccc6n7-c6ccc7ccccc7c6)ccc54)cc3)nc(-c3ccccc3)n2)cc1. The molecule has 0 aliphatic carbocycles. The number of benzene rings is 9.